The van der Waals surface area contributed by atoms with Crippen LogP contribution in [0, 0.1) is 18.6 Å². The Hall–Kier alpha value is -3.31. The summed E-state index contributed by atoms with van der Waals surface area (Å²) in [7, 11) is 0. The number of rotatable bonds is 6. The Labute approximate surface area is 195 Å². The van der Waals surface area contributed by atoms with Crippen molar-refractivity contribution in [1.82, 2.24) is 9.97 Å². The van der Waals surface area contributed by atoms with Crippen molar-refractivity contribution < 1.29 is 36.6 Å². The van der Waals surface area contributed by atoms with Crippen LogP contribution in [0.1, 0.15) is 28.7 Å². The molecule has 180 valence electrons. The summed E-state index contributed by atoms with van der Waals surface area (Å²) in [5.74, 6) is -3.71. The maximum absolute atomic E-state index is 15.0. The van der Waals surface area contributed by atoms with Gasteiger partial charge in [-0.2, -0.15) is 13.2 Å². The first kappa shape index (κ1) is 25.3. The van der Waals surface area contributed by atoms with Crippen molar-refractivity contribution in [3.8, 4) is 17.0 Å². The van der Waals surface area contributed by atoms with Gasteiger partial charge in [0, 0.05) is 5.56 Å². The lowest BCUT2D eigenvalue weighted by Gasteiger charge is -2.21. The molecule has 1 atom stereocenters. The summed E-state index contributed by atoms with van der Waals surface area (Å²) >= 11 is 5.88. The third kappa shape index (κ3) is 5.42. The van der Waals surface area contributed by atoms with Crippen LogP contribution in [0.2, 0.25) is 5.02 Å². The van der Waals surface area contributed by atoms with Gasteiger partial charge in [0.2, 0.25) is 0 Å². The van der Waals surface area contributed by atoms with Gasteiger partial charge in [0.05, 0.1) is 46.2 Å². The highest BCUT2D eigenvalue weighted by Crippen LogP contribution is 2.34. The number of nitrogens with one attached hydrogen (secondary N) is 1. The number of carbonyl (C=O) groups excluding carboxylic acids is 1. The van der Waals surface area contributed by atoms with Crippen LogP contribution in [0.5, 0.6) is 5.75 Å². The fourth-order valence-electron chi connectivity index (χ4n) is 2.87. The monoisotopic (exact) mass is 501 g/mol. The number of aliphatic hydroxyl groups excluding tert-OH is 1. The highest BCUT2D eigenvalue weighted by atomic mass is 35.5. The van der Waals surface area contributed by atoms with Crippen molar-refractivity contribution in [2.24, 2.45) is 0 Å². The Bertz CT molecular complexity index is 1220. The second-order valence-electron chi connectivity index (χ2n) is 7.13. The van der Waals surface area contributed by atoms with Gasteiger partial charge < -0.3 is 15.2 Å². The van der Waals surface area contributed by atoms with Gasteiger partial charge in [-0.25, -0.2) is 13.8 Å². The van der Waals surface area contributed by atoms with Crippen LogP contribution in [-0.2, 0) is 6.61 Å². The Morgan fingerprint density at radius 2 is 1.94 bits per heavy atom. The zero-order valence-corrected chi connectivity index (χ0v) is 18.4. The second-order valence-corrected chi connectivity index (χ2v) is 7.53. The van der Waals surface area contributed by atoms with Crippen molar-refractivity contribution >= 4 is 23.2 Å². The van der Waals surface area contributed by atoms with Gasteiger partial charge in [-0.05, 0) is 38.1 Å². The molecule has 1 amide bonds. The quantitative estimate of drug-likeness (QED) is 0.438. The van der Waals surface area contributed by atoms with Crippen molar-refractivity contribution in [1.29, 1.82) is 0 Å². The molecule has 1 aromatic heterocycles. The van der Waals surface area contributed by atoms with Crippen LogP contribution >= 0.6 is 11.6 Å². The maximum atomic E-state index is 15.0. The van der Waals surface area contributed by atoms with Gasteiger partial charge in [0.15, 0.2) is 6.10 Å². The molecule has 0 bridgehead atoms. The highest BCUT2D eigenvalue weighted by molar-refractivity contribution is 6.34. The fourth-order valence-corrected chi connectivity index (χ4v) is 3.08. The number of ether oxygens (including phenoxy) is 1. The molecule has 0 saturated heterocycles. The first-order chi connectivity index (χ1) is 15.9. The number of hydrogen-bond acceptors (Lipinski definition) is 5. The fraction of sp³-hybridized carbons (Fsp3) is 0.227. The number of aliphatic hydroxyl groups is 1. The third-order valence-electron chi connectivity index (χ3n) is 4.75. The largest absolute Gasteiger partial charge is 0.480 e. The number of aryl methyl sites for hydroxylation is 1. The number of nitrogens with zero attached hydrogens (tertiary/aromatic N) is 2. The summed E-state index contributed by atoms with van der Waals surface area (Å²) in [6, 6.07) is 5.09. The molecular formula is C22H17ClF5N3O3. The van der Waals surface area contributed by atoms with Gasteiger partial charge in [-0.1, -0.05) is 17.7 Å². The summed E-state index contributed by atoms with van der Waals surface area (Å²) in [5.41, 5.74) is -0.945. The molecule has 2 aromatic carbocycles. The lowest BCUT2D eigenvalue weighted by molar-refractivity contribution is -0.189. The van der Waals surface area contributed by atoms with E-state index in [1.807, 2.05) is 0 Å². The number of amides is 1. The number of benzene rings is 2. The SMILES string of the molecule is Cc1nc(-c2cc(OC(C)C(F)(F)F)c(C(=O)Nc3c(F)cccc3Cl)cc2F)cnc1CO. The standard InChI is InChI=1S/C22H17ClF5N3O3/c1-10-18(9-32)29-8-17(30-10)12-7-19(34-11(2)22(26,27)28)13(6-16(12)25)21(33)31-20-14(23)4-3-5-15(20)24/h3-8,11,32H,9H2,1-2H3,(H,31,33). The second kappa shape index (κ2) is 9.90. The lowest BCUT2D eigenvalue weighted by Crippen LogP contribution is -2.32. The number of carbonyl (C=O) groups is 1. The van der Waals surface area contributed by atoms with E-state index in [1.165, 1.54) is 19.1 Å². The van der Waals surface area contributed by atoms with E-state index in [0.717, 1.165) is 18.3 Å². The van der Waals surface area contributed by atoms with Crippen LogP contribution in [-0.4, -0.2) is 33.3 Å². The molecule has 0 aliphatic carbocycles. The molecule has 12 heteroatoms. The third-order valence-corrected chi connectivity index (χ3v) is 5.07. The van der Waals surface area contributed by atoms with E-state index in [-0.39, 0.29) is 27.7 Å². The zero-order valence-electron chi connectivity index (χ0n) is 17.7. The Balaban J connectivity index is 2.10. The van der Waals surface area contributed by atoms with Crippen molar-refractivity contribution in [3.05, 3.63) is 70.1 Å². The van der Waals surface area contributed by atoms with Crippen LogP contribution < -0.4 is 10.1 Å². The van der Waals surface area contributed by atoms with Gasteiger partial charge in [-0.3, -0.25) is 9.78 Å². The number of halogens is 6. The van der Waals surface area contributed by atoms with Crippen LogP contribution in [0.4, 0.5) is 27.6 Å². The van der Waals surface area contributed by atoms with E-state index in [0.29, 0.717) is 13.0 Å². The highest BCUT2D eigenvalue weighted by Gasteiger charge is 2.39. The molecular weight excluding hydrogens is 485 g/mol. The maximum Gasteiger partial charge on any atom is 0.425 e. The minimum absolute atomic E-state index is 0.0687. The van der Waals surface area contributed by atoms with Gasteiger partial charge >= 0.3 is 6.18 Å². The molecule has 34 heavy (non-hydrogen) atoms. The first-order valence-electron chi connectivity index (χ1n) is 9.68. The Morgan fingerprint density at radius 1 is 1.24 bits per heavy atom. The smallest absolute Gasteiger partial charge is 0.425 e. The lowest BCUT2D eigenvalue weighted by atomic mass is 10.1. The average Bonchev–Trinajstić information content (AvgIpc) is 2.76. The Kier molecular flexibility index (Phi) is 7.37. The molecule has 0 fully saturated rings. The van der Waals surface area contributed by atoms with E-state index in [4.69, 9.17) is 16.3 Å². The van der Waals surface area contributed by atoms with Gasteiger partial charge in [0.25, 0.3) is 5.91 Å². The summed E-state index contributed by atoms with van der Waals surface area (Å²) in [6.45, 7) is 1.79. The molecule has 0 aliphatic heterocycles. The van der Waals surface area contributed by atoms with E-state index in [2.05, 4.69) is 15.3 Å². The van der Waals surface area contributed by atoms with Gasteiger partial charge in [-0.15, -0.1) is 0 Å². The van der Waals surface area contributed by atoms with E-state index in [9.17, 15) is 31.9 Å². The summed E-state index contributed by atoms with van der Waals surface area (Å²) in [4.78, 5) is 20.8. The van der Waals surface area contributed by atoms with Crippen LogP contribution in [0.15, 0.2) is 36.5 Å². The van der Waals surface area contributed by atoms with Gasteiger partial charge in [0.1, 0.15) is 17.4 Å². The van der Waals surface area contributed by atoms with Crippen molar-refractivity contribution in [2.45, 2.75) is 32.7 Å². The van der Waals surface area contributed by atoms with E-state index >= 15 is 0 Å². The van der Waals surface area contributed by atoms with Crippen molar-refractivity contribution in [2.75, 3.05) is 5.32 Å². The number of anilines is 1. The minimum Gasteiger partial charge on any atom is -0.480 e. The molecule has 6 nitrogen and oxygen atoms in total. The van der Waals surface area contributed by atoms with Crippen LogP contribution in [0.3, 0.4) is 0 Å². The summed E-state index contributed by atoms with van der Waals surface area (Å²) < 4.78 is 73.4. The molecule has 1 unspecified atom stereocenters. The van der Waals surface area contributed by atoms with E-state index in [1.54, 1.807) is 0 Å². The molecule has 1 heterocycles. The molecule has 2 N–H and O–H groups in total. The number of alkyl halides is 3. The van der Waals surface area contributed by atoms with E-state index < -0.39 is 53.4 Å². The Morgan fingerprint density at radius 3 is 2.53 bits per heavy atom. The topological polar surface area (TPSA) is 84.3 Å². The first-order valence-corrected chi connectivity index (χ1v) is 10.1. The molecule has 0 spiro atoms. The minimum atomic E-state index is -4.80. The predicted molar refractivity (Wildman–Crippen MR) is 114 cm³/mol. The normalized spacial score (nSPS) is 12.4. The average molecular weight is 502 g/mol. The number of aromatic nitrogens is 2. The molecule has 0 saturated carbocycles. The van der Waals surface area contributed by atoms with Crippen LogP contribution in [0.25, 0.3) is 11.3 Å². The summed E-state index contributed by atoms with van der Waals surface area (Å²) in [6.07, 6.45) is -6.04. The number of para-hydroxylation sites is 1. The summed E-state index contributed by atoms with van der Waals surface area (Å²) in [5, 5.41) is 11.2. The molecule has 0 radical (unpaired) electrons. The molecule has 0 aliphatic rings. The van der Waals surface area contributed by atoms with Crippen molar-refractivity contribution in [3.63, 3.8) is 0 Å². The zero-order chi connectivity index (χ0) is 25.2. The molecule has 3 aromatic rings. The molecule has 3 rings (SSSR count). The predicted octanol–water partition coefficient (Wildman–Crippen LogP) is 5.46. The number of hydrogen-bond donors (Lipinski definition) is 2.